The molecular weight excluding hydrogens is 340 g/mol. The normalized spacial score (nSPS) is 16.7. The summed E-state index contributed by atoms with van der Waals surface area (Å²) in [7, 11) is 0. The molecule has 27 heavy (non-hydrogen) atoms. The van der Waals surface area contributed by atoms with Crippen LogP contribution in [0, 0.1) is 12.8 Å². The van der Waals surface area contributed by atoms with Gasteiger partial charge in [0.15, 0.2) is 0 Å². The van der Waals surface area contributed by atoms with Crippen molar-refractivity contribution in [3.8, 4) is 5.75 Å². The number of hydrogen-bond acceptors (Lipinski definition) is 3. The Hall–Kier alpha value is -2.82. The van der Waals surface area contributed by atoms with E-state index >= 15 is 0 Å². The third-order valence-corrected chi connectivity index (χ3v) is 4.57. The average molecular weight is 366 g/mol. The average Bonchev–Trinajstić information content (AvgIpc) is 3.02. The smallest absolute Gasteiger partial charge is 0.227 e. The van der Waals surface area contributed by atoms with E-state index < -0.39 is 0 Å². The standard InChI is InChI=1S/C22H26N2O3/c1-15(2)27-20-9-7-17(8-10-20)13-23-22(26)18-12-21(25)24(14-18)19-6-4-5-16(3)11-19/h4-11,15,18H,12-14H2,1-3H3,(H,23,26)/t18-/m1/s1. The van der Waals surface area contributed by atoms with Crippen LogP contribution in [0.4, 0.5) is 5.69 Å². The fraction of sp³-hybridized carbons (Fsp3) is 0.364. The molecule has 1 aliphatic heterocycles. The van der Waals surface area contributed by atoms with Gasteiger partial charge in [-0.15, -0.1) is 0 Å². The number of rotatable bonds is 6. The predicted octanol–water partition coefficient (Wildman–Crippen LogP) is 3.45. The highest BCUT2D eigenvalue weighted by Crippen LogP contribution is 2.26. The molecule has 2 aromatic rings. The van der Waals surface area contributed by atoms with Crippen LogP contribution in [0.3, 0.4) is 0 Å². The zero-order chi connectivity index (χ0) is 19.4. The van der Waals surface area contributed by atoms with E-state index in [1.165, 1.54) is 0 Å². The maximum atomic E-state index is 12.5. The maximum Gasteiger partial charge on any atom is 0.227 e. The number of aryl methyl sites for hydroxylation is 1. The molecule has 2 amide bonds. The molecule has 0 unspecified atom stereocenters. The lowest BCUT2D eigenvalue weighted by Crippen LogP contribution is -2.32. The third-order valence-electron chi connectivity index (χ3n) is 4.57. The Bertz CT molecular complexity index is 815. The topological polar surface area (TPSA) is 58.6 Å². The Morgan fingerprint density at radius 3 is 2.63 bits per heavy atom. The molecule has 0 radical (unpaired) electrons. The van der Waals surface area contributed by atoms with E-state index in [0.29, 0.717) is 13.1 Å². The van der Waals surface area contributed by atoms with Gasteiger partial charge >= 0.3 is 0 Å². The van der Waals surface area contributed by atoms with Crippen LogP contribution in [0.1, 0.15) is 31.4 Å². The minimum atomic E-state index is -0.318. The highest BCUT2D eigenvalue weighted by molar-refractivity contribution is 6.00. The molecule has 142 valence electrons. The summed E-state index contributed by atoms with van der Waals surface area (Å²) in [6.07, 6.45) is 0.382. The Morgan fingerprint density at radius 2 is 1.96 bits per heavy atom. The molecule has 1 saturated heterocycles. The number of hydrogen-bond donors (Lipinski definition) is 1. The molecule has 1 atom stereocenters. The number of nitrogens with zero attached hydrogens (tertiary/aromatic N) is 1. The molecule has 5 heteroatoms. The minimum Gasteiger partial charge on any atom is -0.491 e. The second kappa shape index (κ2) is 8.25. The van der Waals surface area contributed by atoms with Crippen molar-refractivity contribution >= 4 is 17.5 Å². The van der Waals surface area contributed by atoms with Gasteiger partial charge in [-0.3, -0.25) is 9.59 Å². The van der Waals surface area contributed by atoms with Crippen LogP contribution in [0.5, 0.6) is 5.75 Å². The van der Waals surface area contributed by atoms with Gasteiger partial charge in [-0.25, -0.2) is 0 Å². The lowest BCUT2D eigenvalue weighted by molar-refractivity contribution is -0.126. The Labute approximate surface area is 160 Å². The summed E-state index contributed by atoms with van der Waals surface area (Å²) >= 11 is 0. The first-order chi connectivity index (χ1) is 12.9. The molecule has 1 fully saturated rings. The quantitative estimate of drug-likeness (QED) is 0.852. The molecule has 0 bridgehead atoms. The predicted molar refractivity (Wildman–Crippen MR) is 106 cm³/mol. The molecule has 0 saturated carbocycles. The first-order valence-electron chi connectivity index (χ1n) is 9.32. The second-order valence-electron chi connectivity index (χ2n) is 7.27. The lowest BCUT2D eigenvalue weighted by atomic mass is 10.1. The SMILES string of the molecule is Cc1cccc(N2C[C@H](C(=O)NCc3ccc(OC(C)C)cc3)CC2=O)c1. The zero-order valence-corrected chi connectivity index (χ0v) is 16.1. The monoisotopic (exact) mass is 366 g/mol. The summed E-state index contributed by atoms with van der Waals surface area (Å²) in [5, 5.41) is 2.95. The number of carbonyl (C=O) groups is 2. The summed E-state index contributed by atoms with van der Waals surface area (Å²) in [4.78, 5) is 26.5. The van der Waals surface area contributed by atoms with Crippen LogP contribution < -0.4 is 15.0 Å². The summed E-state index contributed by atoms with van der Waals surface area (Å²) in [6, 6.07) is 15.5. The van der Waals surface area contributed by atoms with E-state index in [2.05, 4.69) is 5.32 Å². The second-order valence-corrected chi connectivity index (χ2v) is 7.27. The van der Waals surface area contributed by atoms with Crippen LogP contribution >= 0.6 is 0 Å². The number of benzene rings is 2. The number of anilines is 1. The molecule has 1 N–H and O–H groups in total. The van der Waals surface area contributed by atoms with Gasteiger partial charge in [-0.1, -0.05) is 24.3 Å². The van der Waals surface area contributed by atoms with Crippen molar-refractivity contribution < 1.29 is 14.3 Å². The van der Waals surface area contributed by atoms with Crippen molar-refractivity contribution in [2.45, 2.75) is 39.8 Å². The van der Waals surface area contributed by atoms with E-state index in [9.17, 15) is 9.59 Å². The van der Waals surface area contributed by atoms with Crippen molar-refractivity contribution in [1.82, 2.24) is 5.32 Å². The Kier molecular flexibility index (Phi) is 5.79. The van der Waals surface area contributed by atoms with Gasteiger partial charge in [0.25, 0.3) is 0 Å². The first kappa shape index (κ1) is 19.0. The molecule has 0 spiro atoms. The van der Waals surface area contributed by atoms with E-state index in [4.69, 9.17) is 4.74 Å². The van der Waals surface area contributed by atoms with Crippen LogP contribution in [-0.2, 0) is 16.1 Å². The molecule has 0 aliphatic carbocycles. The van der Waals surface area contributed by atoms with Crippen LogP contribution in [0.15, 0.2) is 48.5 Å². The number of ether oxygens (including phenoxy) is 1. The highest BCUT2D eigenvalue weighted by Gasteiger charge is 2.34. The van der Waals surface area contributed by atoms with Gasteiger partial charge in [0, 0.05) is 25.2 Å². The van der Waals surface area contributed by atoms with E-state index in [1.54, 1.807) is 4.90 Å². The van der Waals surface area contributed by atoms with Crippen molar-refractivity contribution in [3.63, 3.8) is 0 Å². The van der Waals surface area contributed by atoms with Crippen LogP contribution in [-0.4, -0.2) is 24.5 Å². The first-order valence-corrected chi connectivity index (χ1v) is 9.32. The van der Waals surface area contributed by atoms with Gasteiger partial charge in [-0.05, 0) is 56.2 Å². The molecular formula is C22H26N2O3. The summed E-state index contributed by atoms with van der Waals surface area (Å²) in [5.41, 5.74) is 2.95. The molecule has 1 aliphatic rings. The van der Waals surface area contributed by atoms with Gasteiger partial charge in [0.1, 0.15) is 5.75 Å². The van der Waals surface area contributed by atoms with Gasteiger partial charge in [0.2, 0.25) is 11.8 Å². The van der Waals surface area contributed by atoms with Crippen molar-refractivity contribution in [2.75, 3.05) is 11.4 Å². The summed E-state index contributed by atoms with van der Waals surface area (Å²) in [5.74, 6) is 0.411. The van der Waals surface area contributed by atoms with Gasteiger partial charge in [-0.2, -0.15) is 0 Å². The van der Waals surface area contributed by atoms with Crippen molar-refractivity contribution in [1.29, 1.82) is 0 Å². The number of amides is 2. The molecule has 2 aromatic carbocycles. The molecule has 1 heterocycles. The Balaban J connectivity index is 1.55. The highest BCUT2D eigenvalue weighted by atomic mass is 16.5. The summed E-state index contributed by atoms with van der Waals surface area (Å²) in [6.45, 7) is 6.82. The van der Waals surface area contributed by atoms with Crippen molar-refractivity contribution in [2.24, 2.45) is 5.92 Å². The lowest BCUT2D eigenvalue weighted by Gasteiger charge is -2.17. The Morgan fingerprint density at radius 1 is 1.22 bits per heavy atom. The van der Waals surface area contributed by atoms with E-state index in [0.717, 1.165) is 22.6 Å². The van der Waals surface area contributed by atoms with Crippen LogP contribution in [0.25, 0.3) is 0 Å². The number of carbonyl (C=O) groups excluding carboxylic acids is 2. The van der Waals surface area contributed by atoms with Crippen molar-refractivity contribution in [3.05, 3.63) is 59.7 Å². The zero-order valence-electron chi connectivity index (χ0n) is 16.1. The largest absolute Gasteiger partial charge is 0.491 e. The van der Waals surface area contributed by atoms with Gasteiger partial charge in [0.05, 0.1) is 12.0 Å². The molecule has 3 rings (SSSR count). The van der Waals surface area contributed by atoms with Crippen LogP contribution in [0.2, 0.25) is 0 Å². The minimum absolute atomic E-state index is 0.00376. The third kappa shape index (κ3) is 4.88. The summed E-state index contributed by atoms with van der Waals surface area (Å²) < 4.78 is 5.62. The molecule has 0 aromatic heterocycles. The fourth-order valence-corrected chi connectivity index (χ4v) is 3.22. The van der Waals surface area contributed by atoms with E-state index in [1.807, 2.05) is 69.3 Å². The number of nitrogens with one attached hydrogen (secondary N) is 1. The van der Waals surface area contributed by atoms with Gasteiger partial charge < -0.3 is 15.0 Å². The molecule has 5 nitrogen and oxygen atoms in total. The fourth-order valence-electron chi connectivity index (χ4n) is 3.22. The maximum absolute atomic E-state index is 12.5. The van der Waals surface area contributed by atoms with E-state index in [-0.39, 0.29) is 30.3 Å².